The van der Waals surface area contributed by atoms with Crippen LogP contribution in [-0.4, -0.2) is 37.0 Å². The molecule has 4 heteroatoms. The van der Waals surface area contributed by atoms with E-state index in [9.17, 15) is 4.79 Å². The van der Waals surface area contributed by atoms with Gasteiger partial charge in [0.15, 0.2) is 0 Å². The molecule has 2 heterocycles. The van der Waals surface area contributed by atoms with Crippen LogP contribution in [0.2, 0.25) is 0 Å². The van der Waals surface area contributed by atoms with E-state index >= 15 is 0 Å². The van der Waals surface area contributed by atoms with Crippen molar-refractivity contribution in [2.24, 2.45) is 5.92 Å². The lowest BCUT2D eigenvalue weighted by Gasteiger charge is -2.29. The van der Waals surface area contributed by atoms with Gasteiger partial charge in [-0.3, -0.25) is 4.79 Å². The van der Waals surface area contributed by atoms with Crippen LogP contribution in [0.4, 0.5) is 0 Å². The van der Waals surface area contributed by atoms with E-state index in [-0.39, 0.29) is 18.0 Å². The predicted octanol–water partition coefficient (Wildman–Crippen LogP) is 2.36. The Kier molecular flexibility index (Phi) is 4.15. The molecule has 3 unspecified atom stereocenters. The van der Waals surface area contributed by atoms with E-state index in [2.05, 4.69) is 29.3 Å². The maximum atomic E-state index is 12.8. The van der Waals surface area contributed by atoms with Crippen LogP contribution in [0.15, 0.2) is 24.3 Å². The molecule has 0 bridgehead atoms. The van der Waals surface area contributed by atoms with Crippen LogP contribution in [0.1, 0.15) is 37.8 Å². The molecule has 0 saturated carbocycles. The highest BCUT2D eigenvalue weighted by molar-refractivity contribution is 5.83. The third kappa shape index (κ3) is 2.77. The van der Waals surface area contributed by atoms with E-state index in [1.54, 1.807) is 7.11 Å². The molecule has 1 aromatic carbocycles. The Bertz CT molecular complexity index is 500. The first kappa shape index (κ1) is 14.4. The van der Waals surface area contributed by atoms with Crippen LogP contribution < -0.4 is 10.1 Å². The average molecular weight is 288 g/mol. The second-order valence-corrected chi connectivity index (χ2v) is 6.16. The van der Waals surface area contributed by atoms with Crippen LogP contribution >= 0.6 is 0 Å². The van der Waals surface area contributed by atoms with Gasteiger partial charge in [-0.25, -0.2) is 0 Å². The first-order chi connectivity index (χ1) is 10.2. The number of methoxy groups -OCH3 is 1. The lowest BCUT2D eigenvalue weighted by Crippen LogP contribution is -2.45. The third-order valence-electron chi connectivity index (χ3n) is 4.84. The highest BCUT2D eigenvalue weighted by Crippen LogP contribution is 2.34. The van der Waals surface area contributed by atoms with Crippen molar-refractivity contribution in [3.8, 4) is 5.75 Å². The van der Waals surface area contributed by atoms with Gasteiger partial charge >= 0.3 is 0 Å². The van der Waals surface area contributed by atoms with Crippen molar-refractivity contribution < 1.29 is 9.53 Å². The Labute approximate surface area is 126 Å². The molecular formula is C17H24N2O2. The van der Waals surface area contributed by atoms with E-state index in [0.717, 1.165) is 38.1 Å². The normalized spacial score (nSPS) is 28.9. The minimum Gasteiger partial charge on any atom is -0.497 e. The van der Waals surface area contributed by atoms with Crippen molar-refractivity contribution >= 4 is 5.91 Å². The molecular weight excluding hydrogens is 264 g/mol. The molecule has 2 aliphatic heterocycles. The number of carbonyl (C=O) groups excluding carboxylic acids is 1. The second kappa shape index (κ2) is 6.06. The van der Waals surface area contributed by atoms with Crippen LogP contribution in [0, 0.1) is 5.92 Å². The Morgan fingerprint density at radius 3 is 2.67 bits per heavy atom. The Hall–Kier alpha value is -1.55. The molecule has 1 amide bonds. The van der Waals surface area contributed by atoms with Gasteiger partial charge in [0.25, 0.3) is 0 Å². The summed E-state index contributed by atoms with van der Waals surface area (Å²) in [6.45, 7) is 4.00. The molecule has 2 aliphatic rings. The first-order valence-electron chi connectivity index (χ1n) is 7.88. The van der Waals surface area contributed by atoms with E-state index in [1.807, 2.05) is 12.1 Å². The monoisotopic (exact) mass is 288 g/mol. The summed E-state index contributed by atoms with van der Waals surface area (Å²) in [5.74, 6) is 1.58. The van der Waals surface area contributed by atoms with Gasteiger partial charge in [-0.2, -0.15) is 0 Å². The standard InChI is InChI=1S/C17H24N2O2/c1-12-9-10-18-16(12)17(20)19-11-3-4-15(19)13-5-7-14(21-2)8-6-13/h5-8,12,15-16,18H,3-4,9-11H2,1-2H3. The minimum absolute atomic E-state index is 0.00356. The number of amides is 1. The summed E-state index contributed by atoms with van der Waals surface area (Å²) in [6.07, 6.45) is 3.24. The van der Waals surface area contributed by atoms with Crippen LogP contribution in [0.5, 0.6) is 5.75 Å². The topological polar surface area (TPSA) is 41.6 Å². The van der Waals surface area contributed by atoms with E-state index in [0.29, 0.717) is 5.92 Å². The quantitative estimate of drug-likeness (QED) is 0.928. The Balaban J connectivity index is 1.76. The molecule has 21 heavy (non-hydrogen) atoms. The van der Waals surface area contributed by atoms with Gasteiger partial charge in [0.2, 0.25) is 5.91 Å². The molecule has 0 spiro atoms. The summed E-state index contributed by atoms with van der Waals surface area (Å²) in [5.41, 5.74) is 1.22. The summed E-state index contributed by atoms with van der Waals surface area (Å²) >= 11 is 0. The van der Waals surface area contributed by atoms with Crippen molar-refractivity contribution in [1.82, 2.24) is 10.2 Å². The van der Waals surface area contributed by atoms with Crippen molar-refractivity contribution in [3.05, 3.63) is 29.8 Å². The number of benzene rings is 1. The Morgan fingerprint density at radius 2 is 2.05 bits per heavy atom. The summed E-state index contributed by atoms with van der Waals surface area (Å²) in [5, 5.41) is 3.36. The number of hydrogen-bond donors (Lipinski definition) is 1. The van der Waals surface area contributed by atoms with Gasteiger partial charge in [-0.05, 0) is 49.4 Å². The summed E-state index contributed by atoms with van der Waals surface area (Å²) < 4.78 is 5.21. The maximum Gasteiger partial charge on any atom is 0.240 e. The van der Waals surface area contributed by atoms with E-state index in [1.165, 1.54) is 5.56 Å². The molecule has 2 saturated heterocycles. The molecule has 4 nitrogen and oxygen atoms in total. The number of ether oxygens (including phenoxy) is 1. The van der Waals surface area contributed by atoms with Gasteiger partial charge in [0.1, 0.15) is 5.75 Å². The molecule has 3 atom stereocenters. The lowest BCUT2D eigenvalue weighted by atomic mass is 10.00. The molecule has 0 aromatic heterocycles. The highest BCUT2D eigenvalue weighted by atomic mass is 16.5. The van der Waals surface area contributed by atoms with Gasteiger partial charge in [-0.1, -0.05) is 19.1 Å². The smallest absolute Gasteiger partial charge is 0.240 e. The molecule has 3 rings (SSSR count). The van der Waals surface area contributed by atoms with Crippen molar-refractivity contribution in [1.29, 1.82) is 0 Å². The fourth-order valence-electron chi connectivity index (χ4n) is 3.55. The minimum atomic E-state index is 0.00356. The van der Waals surface area contributed by atoms with E-state index in [4.69, 9.17) is 4.74 Å². The predicted molar refractivity (Wildman–Crippen MR) is 82.3 cm³/mol. The number of hydrogen-bond acceptors (Lipinski definition) is 3. The molecule has 1 N–H and O–H groups in total. The second-order valence-electron chi connectivity index (χ2n) is 6.16. The largest absolute Gasteiger partial charge is 0.497 e. The molecule has 2 fully saturated rings. The Morgan fingerprint density at radius 1 is 1.29 bits per heavy atom. The molecule has 0 aliphatic carbocycles. The summed E-state index contributed by atoms with van der Waals surface area (Å²) in [7, 11) is 1.67. The number of nitrogens with one attached hydrogen (secondary N) is 1. The molecule has 0 radical (unpaired) electrons. The number of rotatable bonds is 3. The van der Waals surface area contributed by atoms with Gasteiger partial charge in [-0.15, -0.1) is 0 Å². The fourth-order valence-corrected chi connectivity index (χ4v) is 3.55. The van der Waals surface area contributed by atoms with Crippen LogP contribution in [0.25, 0.3) is 0 Å². The third-order valence-corrected chi connectivity index (χ3v) is 4.84. The van der Waals surface area contributed by atoms with Crippen molar-refractivity contribution in [3.63, 3.8) is 0 Å². The lowest BCUT2D eigenvalue weighted by molar-refractivity contribution is -0.134. The highest BCUT2D eigenvalue weighted by Gasteiger charge is 2.37. The number of likely N-dealkylation sites (tertiary alicyclic amines) is 1. The SMILES string of the molecule is COc1ccc(C2CCCN2C(=O)C2NCCC2C)cc1. The number of carbonyl (C=O) groups is 1. The van der Waals surface area contributed by atoms with Gasteiger partial charge in [0, 0.05) is 6.54 Å². The zero-order chi connectivity index (χ0) is 14.8. The van der Waals surface area contributed by atoms with Crippen LogP contribution in [0.3, 0.4) is 0 Å². The summed E-state index contributed by atoms with van der Waals surface area (Å²) in [4.78, 5) is 14.9. The summed E-state index contributed by atoms with van der Waals surface area (Å²) in [6, 6.07) is 8.35. The van der Waals surface area contributed by atoms with Crippen molar-refractivity contribution in [2.45, 2.75) is 38.3 Å². The number of nitrogens with zero attached hydrogens (tertiary/aromatic N) is 1. The van der Waals surface area contributed by atoms with Crippen LogP contribution in [-0.2, 0) is 4.79 Å². The van der Waals surface area contributed by atoms with E-state index < -0.39 is 0 Å². The average Bonchev–Trinajstić information content (AvgIpc) is 3.15. The maximum absolute atomic E-state index is 12.8. The van der Waals surface area contributed by atoms with Gasteiger partial charge < -0.3 is 15.0 Å². The zero-order valence-electron chi connectivity index (χ0n) is 12.8. The first-order valence-corrected chi connectivity index (χ1v) is 7.88. The fraction of sp³-hybridized carbons (Fsp3) is 0.588. The molecule has 1 aromatic rings. The van der Waals surface area contributed by atoms with Gasteiger partial charge in [0.05, 0.1) is 19.2 Å². The zero-order valence-corrected chi connectivity index (χ0v) is 12.8. The van der Waals surface area contributed by atoms with Crippen molar-refractivity contribution in [2.75, 3.05) is 20.2 Å². The molecule has 114 valence electrons.